The van der Waals surface area contributed by atoms with Gasteiger partial charge < -0.3 is 24.6 Å². The van der Waals surface area contributed by atoms with Crippen molar-refractivity contribution in [1.29, 1.82) is 0 Å². The van der Waals surface area contributed by atoms with E-state index in [4.69, 9.17) is 14.2 Å². The summed E-state index contributed by atoms with van der Waals surface area (Å²) in [5, 5.41) is 12.0. The molecule has 3 rings (SSSR count). The maximum atomic E-state index is 12.2. The predicted octanol–water partition coefficient (Wildman–Crippen LogP) is 2.74. The van der Waals surface area contributed by atoms with Gasteiger partial charge >= 0.3 is 12.1 Å². The van der Waals surface area contributed by atoms with Crippen LogP contribution in [0.5, 0.6) is 5.75 Å². The molecule has 0 radical (unpaired) electrons. The van der Waals surface area contributed by atoms with Crippen molar-refractivity contribution in [2.45, 2.75) is 32.5 Å². The molecule has 146 valence electrons. The van der Waals surface area contributed by atoms with Crippen molar-refractivity contribution in [2.24, 2.45) is 17.8 Å². The lowest BCUT2D eigenvalue weighted by molar-refractivity contribution is -0.145. The first-order valence-corrected chi connectivity index (χ1v) is 9.16. The van der Waals surface area contributed by atoms with Gasteiger partial charge in [-0.3, -0.25) is 0 Å². The van der Waals surface area contributed by atoms with Gasteiger partial charge in [-0.1, -0.05) is 19.1 Å². The third-order valence-electron chi connectivity index (χ3n) is 5.36. The van der Waals surface area contributed by atoms with Crippen LogP contribution in [-0.2, 0) is 25.4 Å². The van der Waals surface area contributed by atoms with Crippen LogP contribution < -0.4 is 5.32 Å². The summed E-state index contributed by atoms with van der Waals surface area (Å²) >= 11 is 0. The fraction of sp³-hybridized carbons (Fsp3) is 0.500. The van der Waals surface area contributed by atoms with Crippen LogP contribution in [0, 0.1) is 17.8 Å². The molecular formula is C20H25NO6. The summed E-state index contributed by atoms with van der Waals surface area (Å²) in [6.07, 6.45) is 2.52. The second-order valence-corrected chi connectivity index (χ2v) is 7.06. The molecule has 0 aromatic heterocycles. The van der Waals surface area contributed by atoms with E-state index in [9.17, 15) is 14.7 Å². The van der Waals surface area contributed by atoms with Gasteiger partial charge in [0, 0.05) is 18.4 Å². The van der Waals surface area contributed by atoms with E-state index in [2.05, 4.69) is 12.2 Å². The number of phenols is 1. The summed E-state index contributed by atoms with van der Waals surface area (Å²) < 4.78 is 15.9. The maximum Gasteiger partial charge on any atom is 0.410 e. The van der Waals surface area contributed by atoms with Crippen molar-refractivity contribution >= 4 is 12.1 Å². The number of methoxy groups -OCH3 is 1. The highest BCUT2D eigenvalue weighted by atomic mass is 16.7. The van der Waals surface area contributed by atoms with Gasteiger partial charge in [-0.2, -0.15) is 0 Å². The Morgan fingerprint density at radius 3 is 2.70 bits per heavy atom. The first-order valence-electron chi connectivity index (χ1n) is 9.16. The highest BCUT2D eigenvalue weighted by Crippen LogP contribution is 2.46. The van der Waals surface area contributed by atoms with Gasteiger partial charge in [-0.15, -0.1) is 0 Å². The molecule has 0 bridgehead atoms. The number of nitrogens with one attached hydrogen (secondary N) is 1. The first kappa shape index (κ1) is 19.1. The third kappa shape index (κ3) is 4.35. The normalized spacial score (nSPS) is 26.4. The smallest absolute Gasteiger partial charge is 0.410 e. The lowest BCUT2D eigenvalue weighted by Crippen LogP contribution is -2.41. The van der Waals surface area contributed by atoms with Gasteiger partial charge in [0.05, 0.1) is 18.9 Å². The molecule has 1 aromatic carbocycles. The number of phenolic OH excluding ortho intramolecular Hbond substituents is 1. The van der Waals surface area contributed by atoms with Crippen LogP contribution in [-0.4, -0.2) is 37.1 Å². The van der Waals surface area contributed by atoms with Crippen molar-refractivity contribution in [3.63, 3.8) is 0 Å². The van der Waals surface area contributed by atoms with E-state index in [0.29, 0.717) is 18.5 Å². The molecular weight excluding hydrogens is 350 g/mol. The minimum Gasteiger partial charge on any atom is -0.508 e. The van der Waals surface area contributed by atoms with Crippen LogP contribution >= 0.6 is 0 Å². The topological polar surface area (TPSA) is 94.1 Å². The average molecular weight is 375 g/mol. The molecule has 1 aliphatic heterocycles. The molecule has 1 aromatic rings. The molecule has 1 aliphatic carbocycles. The van der Waals surface area contributed by atoms with Gasteiger partial charge in [0.1, 0.15) is 5.75 Å². The monoisotopic (exact) mass is 375 g/mol. The number of hydrogen-bond acceptors (Lipinski definition) is 6. The van der Waals surface area contributed by atoms with Crippen LogP contribution in [0.4, 0.5) is 4.79 Å². The van der Waals surface area contributed by atoms with Gasteiger partial charge in [-0.05, 0) is 42.9 Å². The van der Waals surface area contributed by atoms with E-state index >= 15 is 0 Å². The fourth-order valence-electron chi connectivity index (χ4n) is 3.91. The number of esters is 1. The molecule has 0 saturated heterocycles. The number of aromatic hydroxyl groups is 1. The highest BCUT2D eigenvalue weighted by molar-refractivity contribution is 5.89. The summed E-state index contributed by atoms with van der Waals surface area (Å²) in [6, 6.07) is 6.82. The number of ether oxygens (including phenoxy) is 3. The number of hydrogen-bond donors (Lipinski definition) is 2. The minimum atomic E-state index is -0.713. The summed E-state index contributed by atoms with van der Waals surface area (Å²) in [6.45, 7) is 2.48. The van der Waals surface area contributed by atoms with E-state index in [0.717, 1.165) is 18.4 Å². The van der Waals surface area contributed by atoms with Crippen molar-refractivity contribution in [1.82, 2.24) is 5.32 Å². The fourth-order valence-corrected chi connectivity index (χ4v) is 3.91. The first-order chi connectivity index (χ1) is 13.0. The van der Waals surface area contributed by atoms with Gasteiger partial charge in [0.15, 0.2) is 0 Å². The molecule has 1 fully saturated rings. The maximum absolute atomic E-state index is 12.2. The van der Waals surface area contributed by atoms with E-state index in [-0.39, 0.29) is 23.5 Å². The van der Waals surface area contributed by atoms with Crippen LogP contribution in [0.3, 0.4) is 0 Å². The Bertz CT molecular complexity index is 714. The predicted molar refractivity (Wildman–Crippen MR) is 96.6 cm³/mol. The van der Waals surface area contributed by atoms with Crippen molar-refractivity contribution in [2.75, 3.05) is 13.7 Å². The zero-order valence-electron chi connectivity index (χ0n) is 15.5. The Morgan fingerprint density at radius 2 is 2.00 bits per heavy atom. The number of rotatable bonds is 5. The average Bonchev–Trinajstić information content (AvgIpc) is 3.05. The Kier molecular flexibility index (Phi) is 5.88. The third-order valence-corrected chi connectivity index (χ3v) is 5.36. The van der Waals surface area contributed by atoms with Crippen molar-refractivity contribution in [3.8, 4) is 5.75 Å². The summed E-state index contributed by atoms with van der Waals surface area (Å²) in [5.74, 6) is 0.0113. The van der Waals surface area contributed by atoms with Crippen LogP contribution in [0.1, 0.15) is 25.3 Å². The Hall–Kier alpha value is -2.70. The zero-order valence-corrected chi connectivity index (χ0v) is 15.5. The van der Waals surface area contributed by atoms with E-state index < -0.39 is 18.4 Å². The van der Waals surface area contributed by atoms with Gasteiger partial charge in [-0.25, -0.2) is 9.59 Å². The highest BCUT2D eigenvalue weighted by Gasteiger charge is 2.48. The molecule has 7 nitrogen and oxygen atoms in total. The Balaban J connectivity index is 1.54. The molecule has 27 heavy (non-hydrogen) atoms. The van der Waals surface area contributed by atoms with Crippen LogP contribution in [0.25, 0.3) is 0 Å². The quantitative estimate of drug-likeness (QED) is 0.769. The van der Waals surface area contributed by atoms with E-state index in [1.54, 1.807) is 24.3 Å². The summed E-state index contributed by atoms with van der Waals surface area (Å²) in [4.78, 5) is 24.1. The lowest BCUT2D eigenvalue weighted by atomic mass is 9.83. The van der Waals surface area contributed by atoms with E-state index in [1.165, 1.54) is 13.4 Å². The standard InChI is InChI=1S/C20H25NO6/c1-12-3-8-15-16(18(23)25-2)11-26-19(17(12)15)27-20(24)21-10-9-13-4-6-14(22)7-5-13/h4-7,11-12,15,17,19,22H,3,8-10H2,1-2H3,(H,21,24). The van der Waals surface area contributed by atoms with E-state index in [1.807, 2.05) is 0 Å². The van der Waals surface area contributed by atoms with Gasteiger partial charge in [0.2, 0.25) is 6.29 Å². The molecule has 1 amide bonds. The zero-order chi connectivity index (χ0) is 19.4. The summed E-state index contributed by atoms with van der Waals surface area (Å²) in [7, 11) is 1.35. The molecule has 7 heteroatoms. The van der Waals surface area contributed by atoms with Crippen molar-refractivity contribution in [3.05, 3.63) is 41.7 Å². The molecule has 2 aliphatic rings. The van der Waals surface area contributed by atoms with Crippen molar-refractivity contribution < 1.29 is 28.9 Å². The molecule has 1 heterocycles. The number of amides is 1. The minimum absolute atomic E-state index is 0.0176. The largest absolute Gasteiger partial charge is 0.508 e. The number of alkyl carbamates (subject to hydrolysis) is 1. The molecule has 0 spiro atoms. The number of carbonyl (C=O) groups is 2. The number of benzene rings is 1. The lowest BCUT2D eigenvalue weighted by Gasteiger charge is -2.34. The van der Waals surface area contributed by atoms with Gasteiger partial charge in [0.25, 0.3) is 0 Å². The molecule has 2 N–H and O–H groups in total. The van der Waals surface area contributed by atoms with Crippen LogP contribution in [0.2, 0.25) is 0 Å². The van der Waals surface area contributed by atoms with Crippen LogP contribution in [0.15, 0.2) is 36.1 Å². The second kappa shape index (κ2) is 8.33. The summed E-state index contributed by atoms with van der Waals surface area (Å²) in [5.41, 5.74) is 1.51. The molecule has 4 atom stereocenters. The molecule has 1 saturated carbocycles. The Labute approximate surface area is 158 Å². The SMILES string of the molecule is COC(=O)C1=COC(OC(=O)NCCc2ccc(O)cc2)C2C(C)CCC12. The number of carbonyl (C=O) groups excluding carboxylic acids is 2. The Morgan fingerprint density at radius 1 is 1.26 bits per heavy atom. The number of fused-ring (bicyclic) bond motifs is 1. The molecule has 4 unspecified atom stereocenters. The second-order valence-electron chi connectivity index (χ2n) is 7.06.